The molecule has 0 bridgehead atoms. The van der Waals surface area contributed by atoms with Gasteiger partial charge < -0.3 is 14.4 Å². The molecule has 0 atom stereocenters. The summed E-state index contributed by atoms with van der Waals surface area (Å²) in [6, 6.07) is 20.6. The Morgan fingerprint density at radius 2 is 1.65 bits per heavy atom. The quantitative estimate of drug-likeness (QED) is 0.261. The van der Waals surface area contributed by atoms with Crippen molar-refractivity contribution in [3.8, 4) is 11.8 Å². The van der Waals surface area contributed by atoms with Crippen LogP contribution in [0.15, 0.2) is 79.3 Å². The zero-order valence-corrected chi connectivity index (χ0v) is 20.7. The number of benzene rings is 2. The molecule has 0 N–H and O–H groups in total. The van der Waals surface area contributed by atoms with Gasteiger partial charge in [-0.05, 0) is 37.6 Å². The number of aromatic nitrogens is 6. The number of ether oxygens (including phenoxy) is 2. The van der Waals surface area contributed by atoms with Gasteiger partial charge in [-0.3, -0.25) is 4.68 Å². The molecule has 0 saturated heterocycles. The van der Waals surface area contributed by atoms with Gasteiger partial charge in [-0.1, -0.05) is 36.4 Å². The third-order valence-electron chi connectivity index (χ3n) is 5.82. The Morgan fingerprint density at radius 1 is 0.946 bits per heavy atom. The van der Waals surface area contributed by atoms with Crippen LogP contribution in [0.3, 0.4) is 0 Å². The standard InChI is InChI=1S/C27H27N7O3/c1-3-37-26(35)20-17-28-34(19-20)27-30-23-18-29-33(24(23)25(31-27)36-2)16-10-15-32(21-11-6-4-7-12-21)22-13-8-5-9-14-22/h4-9,11-14,17-19H,3,10,15-16H2,1-2H3. The molecule has 0 radical (unpaired) electrons. The molecule has 3 heterocycles. The van der Waals surface area contributed by atoms with Gasteiger partial charge in [0.15, 0.2) is 0 Å². The van der Waals surface area contributed by atoms with Gasteiger partial charge in [0.1, 0.15) is 11.0 Å². The lowest BCUT2D eigenvalue weighted by atomic mass is 10.2. The average Bonchev–Trinajstić information content (AvgIpc) is 3.60. The van der Waals surface area contributed by atoms with Crippen LogP contribution in [0.5, 0.6) is 5.88 Å². The van der Waals surface area contributed by atoms with Gasteiger partial charge in [0.05, 0.1) is 31.7 Å². The fraction of sp³-hybridized carbons (Fsp3) is 0.222. The molecule has 5 rings (SSSR count). The smallest absolute Gasteiger partial charge is 0.341 e. The SMILES string of the molecule is CCOC(=O)c1cnn(-c2nc(OC)c3c(cnn3CCCN(c3ccccc3)c3ccccc3)n2)c1. The summed E-state index contributed by atoms with van der Waals surface area (Å²) >= 11 is 0. The van der Waals surface area contributed by atoms with Crippen LogP contribution in [-0.4, -0.2) is 55.8 Å². The minimum atomic E-state index is -0.449. The predicted octanol–water partition coefficient (Wildman–Crippen LogP) is 4.43. The Bertz CT molecular complexity index is 1440. The van der Waals surface area contributed by atoms with Crippen molar-refractivity contribution in [1.82, 2.24) is 29.5 Å². The van der Waals surface area contributed by atoms with E-state index in [0.717, 1.165) is 24.3 Å². The van der Waals surface area contributed by atoms with E-state index < -0.39 is 5.97 Å². The maximum atomic E-state index is 12.0. The van der Waals surface area contributed by atoms with E-state index in [4.69, 9.17) is 9.47 Å². The molecule has 37 heavy (non-hydrogen) atoms. The van der Waals surface area contributed by atoms with Gasteiger partial charge in [0, 0.05) is 30.7 Å². The summed E-state index contributed by atoms with van der Waals surface area (Å²) in [7, 11) is 1.56. The Hall–Kier alpha value is -4.73. The first-order chi connectivity index (χ1) is 18.2. The number of anilines is 2. The van der Waals surface area contributed by atoms with Crippen molar-refractivity contribution >= 4 is 28.4 Å². The van der Waals surface area contributed by atoms with Crippen LogP contribution in [0, 0.1) is 0 Å². The van der Waals surface area contributed by atoms with Crippen molar-refractivity contribution in [3.63, 3.8) is 0 Å². The summed E-state index contributed by atoms with van der Waals surface area (Å²) in [4.78, 5) is 23.4. The fourth-order valence-electron chi connectivity index (χ4n) is 4.12. The van der Waals surface area contributed by atoms with Crippen LogP contribution < -0.4 is 9.64 Å². The molecule has 5 aromatic rings. The fourth-order valence-corrected chi connectivity index (χ4v) is 4.12. The van der Waals surface area contributed by atoms with Crippen LogP contribution in [-0.2, 0) is 11.3 Å². The molecule has 3 aromatic heterocycles. The topological polar surface area (TPSA) is 100 Å². The second-order valence-corrected chi connectivity index (χ2v) is 8.20. The average molecular weight is 498 g/mol. The molecule has 0 fully saturated rings. The van der Waals surface area contributed by atoms with Gasteiger partial charge >= 0.3 is 5.97 Å². The van der Waals surface area contributed by atoms with Crippen molar-refractivity contribution in [3.05, 3.63) is 84.8 Å². The van der Waals surface area contributed by atoms with Gasteiger partial charge in [-0.25, -0.2) is 14.5 Å². The highest BCUT2D eigenvalue weighted by Crippen LogP contribution is 2.27. The van der Waals surface area contributed by atoms with Crippen LogP contribution >= 0.6 is 0 Å². The summed E-state index contributed by atoms with van der Waals surface area (Å²) in [5, 5.41) is 8.76. The summed E-state index contributed by atoms with van der Waals surface area (Å²) in [5.41, 5.74) is 3.91. The van der Waals surface area contributed by atoms with Crippen LogP contribution in [0.4, 0.5) is 11.4 Å². The number of carbonyl (C=O) groups excluding carboxylic acids is 1. The maximum absolute atomic E-state index is 12.0. The van der Waals surface area contributed by atoms with Crippen LogP contribution in [0.2, 0.25) is 0 Å². The number of rotatable bonds is 10. The molecule has 0 unspecified atom stereocenters. The Morgan fingerprint density at radius 3 is 2.30 bits per heavy atom. The van der Waals surface area contributed by atoms with Gasteiger partial charge in [-0.2, -0.15) is 15.2 Å². The highest BCUT2D eigenvalue weighted by Gasteiger charge is 2.18. The molecule has 188 valence electrons. The number of fused-ring (bicyclic) bond motifs is 1. The monoisotopic (exact) mass is 497 g/mol. The number of nitrogens with zero attached hydrogens (tertiary/aromatic N) is 7. The molecule has 2 aromatic carbocycles. The zero-order valence-electron chi connectivity index (χ0n) is 20.7. The number of hydrogen-bond acceptors (Lipinski definition) is 8. The number of hydrogen-bond donors (Lipinski definition) is 0. The molecular formula is C27H27N7O3. The third-order valence-corrected chi connectivity index (χ3v) is 5.82. The molecule has 0 aliphatic carbocycles. The summed E-state index contributed by atoms with van der Waals surface area (Å²) in [5.74, 6) is 0.210. The van der Waals surface area contributed by atoms with Crippen molar-refractivity contribution in [2.24, 2.45) is 0 Å². The lowest BCUT2D eigenvalue weighted by Crippen LogP contribution is -2.20. The minimum Gasteiger partial charge on any atom is -0.479 e. The van der Waals surface area contributed by atoms with Gasteiger partial charge in [0.2, 0.25) is 5.88 Å². The normalized spacial score (nSPS) is 11.0. The molecule has 10 nitrogen and oxygen atoms in total. The maximum Gasteiger partial charge on any atom is 0.341 e. The molecule has 0 amide bonds. The zero-order chi connectivity index (χ0) is 25.6. The first-order valence-corrected chi connectivity index (χ1v) is 12.0. The van der Waals surface area contributed by atoms with Crippen molar-refractivity contribution in [2.75, 3.05) is 25.2 Å². The van der Waals surface area contributed by atoms with E-state index in [1.165, 1.54) is 17.1 Å². The Balaban J connectivity index is 1.37. The molecular weight excluding hydrogens is 470 g/mol. The highest BCUT2D eigenvalue weighted by atomic mass is 16.5. The van der Waals surface area contributed by atoms with Crippen molar-refractivity contribution in [1.29, 1.82) is 0 Å². The van der Waals surface area contributed by atoms with Crippen LogP contribution in [0.1, 0.15) is 23.7 Å². The van der Waals surface area contributed by atoms with E-state index in [1.807, 2.05) is 41.1 Å². The third kappa shape index (κ3) is 5.13. The number of carbonyl (C=O) groups is 1. The second-order valence-electron chi connectivity index (χ2n) is 8.20. The van der Waals surface area contributed by atoms with Crippen molar-refractivity contribution in [2.45, 2.75) is 19.9 Å². The van der Waals surface area contributed by atoms with E-state index in [0.29, 0.717) is 29.0 Å². The molecule has 10 heteroatoms. The first kappa shape index (κ1) is 24.0. The van der Waals surface area contributed by atoms with Crippen molar-refractivity contribution < 1.29 is 14.3 Å². The summed E-state index contributed by atoms with van der Waals surface area (Å²) < 4.78 is 13.9. The predicted molar refractivity (Wildman–Crippen MR) is 139 cm³/mol. The van der Waals surface area contributed by atoms with E-state index in [-0.39, 0.29) is 12.6 Å². The highest BCUT2D eigenvalue weighted by molar-refractivity contribution is 5.88. The minimum absolute atomic E-state index is 0.277. The number of methoxy groups -OCH3 is 1. The van der Waals surface area contributed by atoms with E-state index in [2.05, 4.69) is 49.3 Å². The number of para-hydroxylation sites is 2. The molecule has 0 spiro atoms. The first-order valence-electron chi connectivity index (χ1n) is 12.0. The van der Waals surface area contributed by atoms with E-state index >= 15 is 0 Å². The summed E-state index contributed by atoms with van der Waals surface area (Å²) in [6.07, 6.45) is 5.47. The lowest BCUT2D eigenvalue weighted by molar-refractivity contribution is 0.0526. The van der Waals surface area contributed by atoms with E-state index in [9.17, 15) is 4.79 Å². The largest absolute Gasteiger partial charge is 0.479 e. The van der Waals surface area contributed by atoms with E-state index in [1.54, 1.807) is 20.2 Å². The van der Waals surface area contributed by atoms with Gasteiger partial charge in [0.25, 0.3) is 5.95 Å². The number of aryl methyl sites for hydroxylation is 1. The van der Waals surface area contributed by atoms with Gasteiger partial charge in [-0.15, -0.1) is 0 Å². The molecule has 0 aliphatic heterocycles. The second kappa shape index (κ2) is 10.9. The molecule has 0 saturated carbocycles. The Kier molecular flexibility index (Phi) is 7.07. The lowest BCUT2D eigenvalue weighted by Gasteiger charge is -2.25. The van der Waals surface area contributed by atoms with Crippen LogP contribution in [0.25, 0.3) is 17.0 Å². The number of esters is 1. The molecule has 0 aliphatic rings. The Labute approximate surface area is 214 Å². The summed E-state index contributed by atoms with van der Waals surface area (Å²) in [6.45, 7) is 3.48.